The van der Waals surface area contributed by atoms with Crippen molar-refractivity contribution in [3.8, 4) is 5.75 Å². The van der Waals surface area contributed by atoms with Crippen LogP contribution in [-0.2, 0) is 29.0 Å². The third kappa shape index (κ3) is 14.2. The van der Waals surface area contributed by atoms with Gasteiger partial charge in [0, 0.05) is 0 Å². The highest BCUT2D eigenvalue weighted by molar-refractivity contribution is 7.48. The van der Waals surface area contributed by atoms with E-state index >= 15 is 0 Å². The Bertz CT molecular complexity index is 1130. The summed E-state index contributed by atoms with van der Waals surface area (Å²) in [5, 5.41) is 2.89. The smallest absolute Gasteiger partial charge is 0.475 e. The van der Waals surface area contributed by atoms with E-state index in [1.165, 1.54) is 6.07 Å². The lowest BCUT2D eigenvalue weighted by atomic mass is 9.91. The van der Waals surface area contributed by atoms with E-state index in [0.717, 1.165) is 31.7 Å². The first-order valence-electron chi connectivity index (χ1n) is 16.0. The lowest BCUT2D eigenvalue weighted by molar-refractivity contribution is -0.139. The summed E-state index contributed by atoms with van der Waals surface area (Å²) < 4.78 is 84.8. The van der Waals surface area contributed by atoms with E-state index in [-0.39, 0.29) is 31.3 Å². The number of nitrogens with one attached hydrogen (secondary N) is 1. The number of carbonyl (C=O) groups is 1. The summed E-state index contributed by atoms with van der Waals surface area (Å²) in [6.07, 6.45) is 0.443. The first-order chi connectivity index (χ1) is 20.4. The molecule has 0 aromatic heterocycles. The van der Waals surface area contributed by atoms with Crippen molar-refractivity contribution in [2.24, 2.45) is 0 Å². The molecule has 1 aliphatic carbocycles. The number of carbonyl (C=O) groups excluding carboxylic acids is 1. The minimum absolute atomic E-state index is 0.194. The van der Waals surface area contributed by atoms with E-state index in [9.17, 15) is 22.5 Å². The zero-order valence-electron chi connectivity index (χ0n) is 28.8. The third-order valence-electron chi connectivity index (χ3n) is 6.93. The summed E-state index contributed by atoms with van der Waals surface area (Å²) >= 11 is 0. The lowest BCUT2D eigenvalue weighted by Crippen LogP contribution is -2.51. The highest BCUT2D eigenvalue weighted by atomic mass is 31.2. The first-order valence-corrected chi connectivity index (χ1v) is 17.4. The van der Waals surface area contributed by atoms with Crippen LogP contribution >= 0.6 is 7.82 Å². The number of alkyl halides is 3. The summed E-state index contributed by atoms with van der Waals surface area (Å²) in [4.78, 5) is 13.0. The van der Waals surface area contributed by atoms with E-state index in [1.807, 2.05) is 0 Å². The molecule has 0 aliphatic heterocycles. The number of rotatable bonds is 14. The predicted octanol–water partition coefficient (Wildman–Crippen LogP) is 10.3. The summed E-state index contributed by atoms with van der Waals surface area (Å²) in [5.74, 6) is -0.556. The van der Waals surface area contributed by atoms with Crippen LogP contribution in [0.15, 0.2) is 18.2 Å². The fourth-order valence-electron chi connectivity index (χ4n) is 5.19. The first kappa shape index (κ1) is 39.4. The van der Waals surface area contributed by atoms with E-state index in [1.54, 1.807) is 68.4 Å². The van der Waals surface area contributed by atoms with E-state index < -0.39 is 48.0 Å². The molecule has 1 saturated carbocycles. The maximum Gasteiger partial charge on any atom is 0.475 e. The van der Waals surface area contributed by atoms with Crippen LogP contribution in [-0.4, -0.2) is 41.6 Å². The Morgan fingerprint density at radius 2 is 1.53 bits per heavy atom. The molecule has 1 aromatic carbocycles. The maximum absolute atomic E-state index is 14.2. The standard InChI is InChI=1S/C33H55F3NO7P/c1-11-12-13-14-15-20-40-27-17-16-24(21-26(27)33(34,35)36)25-18-19-32(22-25,37-28(38)42-29(2,3)4)23-41-45(39,43-30(5,6)7)44-31(8,9)10/h16-17,21,25H,11-15,18-20,22-23H2,1-10H3,(H,37,38). The number of phosphoric acid groups is 1. The van der Waals surface area contributed by atoms with Crippen LogP contribution in [0.5, 0.6) is 5.75 Å². The molecule has 8 nitrogen and oxygen atoms in total. The van der Waals surface area contributed by atoms with Crippen LogP contribution in [0.3, 0.4) is 0 Å². The van der Waals surface area contributed by atoms with Gasteiger partial charge in [-0.15, -0.1) is 0 Å². The van der Waals surface area contributed by atoms with Crippen LogP contribution in [0.1, 0.15) is 138 Å². The molecule has 1 N–H and O–H groups in total. The van der Waals surface area contributed by atoms with Gasteiger partial charge < -0.3 is 14.8 Å². The van der Waals surface area contributed by atoms with Crippen molar-refractivity contribution in [1.82, 2.24) is 5.32 Å². The van der Waals surface area contributed by atoms with Crippen LogP contribution in [0, 0.1) is 0 Å². The molecular weight excluding hydrogens is 610 g/mol. The van der Waals surface area contributed by atoms with Gasteiger partial charge in [-0.3, -0.25) is 13.6 Å². The number of amides is 1. The molecule has 0 radical (unpaired) electrons. The quantitative estimate of drug-likeness (QED) is 0.156. The Labute approximate surface area is 268 Å². The minimum Gasteiger partial charge on any atom is -0.493 e. The Kier molecular flexibility index (Phi) is 13.5. The molecule has 2 unspecified atom stereocenters. The SMILES string of the molecule is CCCCCCCOc1ccc(C2CCC(COP(=O)(OC(C)(C)C)OC(C)(C)C)(NC(=O)OC(C)(C)C)C2)cc1C(F)(F)F. The molecule has 2 rings (SSSR count). The molecule has 1 amide bonds. The fraction of sp³-hybridized carbons (Fsp3) is 0.788. The normalized spacial score (nSPS) is 19.9. The van der Waals surface area contributed by atoms with Gasteiger partial charge in [0.25, 0.3) is 0 Å². The summed E-state index contributed by atoms with van der Waals surface area (Å²) in [6, 6.07) is 4.16. The van der Waals surface area contributed by atoms with Crippen molar-refractivity contribution in [1.29, 1.82) is 0 Å². The Morgan fingerprint density at radius 1 is 0.933 bits per heavy atom. The number of halogens is 3. The van der Waals surface area contributed by atoms with Gasteiger partial charge in [0.15, 0.2) is 0 Å². The lowest BCUT2D eigenvalue weighted by Gasteiger charge is -2.35. The van der Waals surface area contributed by atoms with Gasteiger partial charge in [-0.05, 0) is 112 Å². The van der Waals surface area contributed by atoms with E-state index in [2.05, 4.69) is 12.2 Å². The summed E-state index contributed by atoms with van der Waals surface area (Å²) in [5.41, 5.74) is -4.03. The molecule has 1 aliphatic rings. The predicted molar refractivity (Wildman–Crippen MR) is 170 cm³/mol. The van der Waals surface area contributed by atoms with Crippen LogP contribution in [0.2, 0.25) is 0 Å². The monoisotopic (exact) mass is 665 g/mol. The van der Waals surface area contributed by atoms with Gasteiger partial charge >= 0.3 is 20.1 Å². The van der Waals surface area contributed by atoms with Gasteiger partial charge in [-0.25, -0.2) is 9.36 Å². The van der Waals surface area contributed by atoms with Gasteiger partial charge in [-0.1, -0.05) is 38.7 Å². The molecular formula is C33H55F3NO7P. The molecule has 0 heterocycles. The second kappa shape index (κ2) is 15.4. The molecule has 0 spiro atoms. The topological polar surface area (TPSA) is 92.3 Å². The second-order valence-corrected chi connectivity index (χ2v) is 16.5. The Hall–Kier alpha value is -1.81. The van der Waals surface area contributed by atoms with Crippen molar-refractivity contribution in [2.45, 2.75) is 155 Å². The van der Waals surface area contributed by atoms with Crippen LogP contribution in [0.4, 0.5) is 18.0 Å². The van der Waals surface area contributed by atoms with E-state index in [4.69, 9.17) is 23.0 Å². The van der Waals surface area contributed by atoms with Crippen molar-refractivity contribution < 1.29 is 45.6 Å². The molecule has 1 aromatic rings. The molecule has 0 bridgehead atoms. The summed E-state index contributed by atoms with van der Waals surface area (Å²) in [7, 11) is -4.15. The number of benzene rings is 1. The molecule has 0 saturated heterocycles. The molecule has 1 fully saturated rings. The highest BCUT2D eigenvalue weighted by Gasteiger charge is 2.46. The molecule has 12 heteroatoms. The minimum atomic E-state index is -4.61. The van der Waals surface area contributed by atoms with Gasteiger partial charge in [0.05, 0.1) is 35.5 Å². The fourth-order valence-corrected chi connectivity index (χ4v) is 7.08. The highest BCUT2D eigenvalue weighted by Crippen LogP contribution is 2.57. The van der Waals surface area contributed by atoms with Crippen LogP contribution < -0.4 is 10.1 Å². The average Bonchev–Trinajstić information content (AvgIpc) is 3.25. The molecule has 45 heavy (non-hydrogen) atoms. The van der Waals surface area contributed by atoms with Crippen LogP contribution in [0.25, 0.3) is 0 Å². The number of ether oxygens (including phenoxy) is 2. The summed E-state index contributed by atoms with van der Waals surface area (Å²) in [6.45, 7) is 17.5. The number of hydrogen-bond acceptors (Lipinski definition) is 7. The Morgan fingerprint density at radius 3 is 2.07 bits per heavy atom. The number of alkyl carbamates (subject to hydrolysis) is 1. The Balaban J connectivity index is 2.35. The van der Waals surface area contributed by atoms with Crippen molar-refractivity contribution in [3.63, 3.8) is 0 Å². The average molecular weight is 666 g/mol. The van der Waals surface area contributed by atoms with Gasteiger partial charge in [0.1, 0.15) is 11.4 Å². The van der Waals surface area contributed by atoms with E-state index in [0.29, 0.717) is 24.8 Å². The zero-order chi connectivity index (χ0) is 34.3. The second-order valence-electron chi connectivity index (χ2n) is 15.0. The van der Waals surface area contributed by atoms with Crippen molar-refractivity contribution in [3.05, 3.63) is 29.3 Å². The van der Waals surface area contributed by atoms with Gasteiger partial charge in [-0.2, -0.15) is 13.2 Å². The van der Waals surface area contributed by atoms with Crippen molar-refractivity contribution >= 4 is 13.9 Å². The van der Waals surface area contributed by atoms with Crippen molar-refractivity contribution in [2.75, 3.05) is 13.2 Å². The third-order valence-corrected chi connectivity index (χ3v) is 8.92. The number of unbranched alkanes of at least 4 members (excludes halogenated alkanes) is 4. The molecule has 260 valence electrons. The maximum atomic E-state index is 14.2. The zero-order valence-corrected chi connectivity index (χ0v) is 29.7. The largest absolute Gasteiger partial charge is 0.493 e. The number of hydrogen-bond donors (Lipinski definition) is 1. The van der Waals surface area contributed by atoms with Gasteiger partial charge in [0.2, 0.25) is 0 Å². The number of phosphoric ester groups is 1. The molecule has 2 atom stereocenters.